The number of hydrogen-bond donors (Lipinski definition) is 1. The van der Waals surface area contributed by atoms with E-state index in [1.165, 1.54) is 11.3 Å². The van der Waals surface area contributed by atoms with Crippen molar-refractivity contribution in [1.82, 2.24) is 4.98 Å². The average Bonchev–Trinajstić information content (AvgIpc) is 3.13. The van der Waals surface area contributed by atoms with E-state index in [-0.39, 0.29) is 11.9 Å². The Labute approximate surface area is 148 Å². The van der Waals surface area contributed by atoms with Crippen molar-refractivity contribution >= 4 is 51.2 Å². The van der Waals surface area contributed by atoms with Gasteiger partial charge in [0, 0.05) is 23.3 Å². The molecule has 1 aliphatic heterocycles. The molecule has 23 heavy (non-hydrogen) atoms. The van der Waals surface area contributed by atoms with Gasteiger partial charge in [0.1, 0.15) is 0 Å². The molecule has 0 atom stereocenters. The van der Waals surface area contributed by atoms with Crippen LogP contribution in [0.4, 0.5) is 10.9 Å². The van der Waals surface area contributed by atoms with E-state index in [0.717, 1.165) is 46.5 Å². The molecule has 2 aromatic rings. The molecule has 2 N–H and O–H groups in total. The third kappa shape index (κ3) is 3.62. The Bertz CT molecular complexity index is 693. The standard InChI is InChI=1S/C15H18ClN3O2S2/c1-2-21-14(20)9-3-5-19(6-4-9)13-12(23-15(17)18-13)11-7-10(16)8-22-11/h7-9H,2-6H2,1H3,(H2,17,18). The largest absolute Gasteiger partial charge is 0.466 e. The van der Waals surface area contributed by atoms with Crippen molar-refractivity contribution in [3.63, 3.8) is 0 Å². The summed E-state index contributed by atoms with van der Waals surface area (Å²) in [5, 5.41) is 3.18. The molecule has 1 saturated heterocycles. The van der Waals surface area contributed by atoms with Crippen LogP contribution in [0.2, 0.25) is 5.02 Å². The number of nitrogens with zero attached hydrogens (tertiary/aromatic N) is 2. The summed E-state index contributed by atoms with van der Waals surface area (Å²) in [4.78, 5) is 20.7. The number of anilines is 2. The van der Waals surface area contributed by atoms with Gasteiger partial charge < -0.3 is 15.4 Å². The smallest absolute Gasteiger partial charge is 0.309 e. The summed E-state index contributed by atoms with van der Waals surface area (Å²) in [6, 6.07) is 1.94. The molecule has 0 aliphatic carbocycles. The minimum atomic E-state index is -0.0878. The highest BCUT2D eigenvalue weighted by atomic mass is 35.5. The Hall–Kier alpha value is -1.31. The molecule has 0 bridgehead atoms. The van der Waals surface area contributed by atoms with Crippen LogP contribution in [0.15, 0.2) is 11.4 Å². The first kappa shape index (κ1) is 16.5. The maximum Gasteiger partial charge on any atom is 0.309 e. The van der Waals surface area contributed by atoms with Crippen molar-refractivity contribution in [2.24, 2.45) is 5.92 Å². The number of rotatable bonds is 4. The van der Waals surface area contributed by atoms with Gasteiger partial charge in [-0.1, -0.05) is 22.9 Å². The number of esters is 1. The number of nitrogens with two attached hydrogens (primary N) is 1. The number of carbonyl (C=O) groups is 1. The maximum absolute atomic E-state index is 11.8. The number of nitrogen functional groups attached to an aromatic ring is 1. The van der Waals surface area contributed by atoms with E-state index in [2.05, 4.69) is 9.88 Å². The first-order valence-corrected chi connectivity index (χ1v) is 9.58. The van der Waals surface area contributed by atoms with Crippen LogP contribution in [0.5, 0.6) is 0 Å². The second kappa shape index (κ2) is 7.07. The number of aromatic nitrogens is 1. The molecule has 5 nitrogen and oxygen atoms in total. The minimum absolute atomic E-state index is 0.0122. The van der Waals surface area contributed by atoms with Crippen molar-refractivity contribution in [3.05, 3.63) is 16.5 Å². The first-order valence-electron chi connectivity index (χ1n) is 7.50. The summed E-state index contributed by atoms with van der Waals surface area (Å²) in [7, 11) is 0. The lowest BCUT2D eigenvalue weighted by Crippen LogP contribution is -2.37. The van der Waals surface area contributed by atoms with Crippen LogP contribution in [0.1, 0.15) is 19.8 Å². The Morgan fingerprint density at radius 2 is 2.26 bits per heavy atom. The predicted molar refractivity (Wildman–Crippen MR) is 96.4 cm³/mol. The van der Waals surface area contributed by atoms with Crippen LogP contribution >= 0.6 is 34.3 Å². The maximum atomic E-state index is 11.8. The number of hydrogen-bond acceptors (Lipinski definition) is 7. The van der Waals surface area contributed by atoms with Gasteiger partial charge in [-0.2, -0.15) is 0 Å². The Morgan fingerprint density at radius 3 is 2.87 bits per heavy atom. The van der Waals surface area contributed by atoms with Crippen LogP contribution < -0.4 is 10.6 Å². The number of thiazole rings is 1. The molecule has 3 rings (SSSR count). The van der Waals surface area contributed by atoms with Crippen LogP contribution in [0.25, 0.3) is 9.75 Å². The fraction of sp³-hybridized carbons (Fsp3) is 0.467. The van der Waals surface area contributed by atoms with Gasteiger partial charge in [0.25, 0.3) is 0 Å². The lowest BCUT2D eigenvalue weighted by molar-refractivity contribution is -0.148. The Kier molecular flexibility index (Phi) is 5.08. The predicted octanol–water partition coefficient (Wildman–Crippen LogP) is 3.89. The Morgan fingerprint density at radius 1 is 1.52 bits per heavy atom. The first-order chi connectivity index (χ1) is 11.1. The summed E-state index contributed by atoms with van der Waals surface area (Å²) in [6.45, 7) is 3.83. The van der Waals surface area contributed by atoms with Crippen molar-refractivity contribution in [2.45, 2.75) is 19.8 Å². The topological polar surface area (TPSA) is 68.5 Å². The van der Waals surface area contributed by atoms with E-state index < -0.39 is 0 Å². The number of piperidine rings is 1. The monoisotopic (exact) mass is 371 g/mol. The normalized spacial score (nSPS) is 15.8. The summed E-state index contributed by atoms with van der Waals surface area (Å²) < 4.78 is 5.12. The zero-order chi connectivity index (χ0) is 16.4. The van der Waals surface area contributed by atoms with Crippen molar-refractivity contribution in [2.75, 3.05) is 30.3 Å². The van der Waals surface area contributed by atoms with Crippen LogP contribution in [-0.2, 0) is 9.53 Å². The number of halogens is 1. The molecular weight excluding hydrogens is 354 g/mol. The van der Waals surface area contributed by atoms with Gasteiger partial charge in [-0.25, -0.2) is 4.98 Å². The SMILES string of the molecule is CCOC(=O)C1CCN(c2nc(N)sc2-c2cc(Cl)cs2)CC1. The fourth-order valence-electron chi connectivity index (χ4n) is 2.72. The van der Waals surface area contributed by atoms with Gasteiger partial charge in [-0.05, 0) is 25.8 Å². The van der Waals surface area contributed by atoms with E-state index >= 15 is 0 Å². The highest BCUT2D eigenvalue weighted by Crippen LogP contribution is 2.42. The van der Waals surface area contributed by atoms with Crippen LogP contribution in [-0.4, -0.2) is 30.6 Å². The molecule has 0 spiro atoms. The van der Waals surface area contributed by atoms with E-state index in [1.54, 1.807) is 11.3 Å². The van der Waals surface area contributed by atoms with Gasteiger partial charge in [0.2, 0.25) is 0 Å². The van der Waals surface area contributed by atoms with Gasteiger partial charge in [-0.15, -0.1) is 11.3 Å². The molecule has 0 aromatic carbocycles. The number of carbonyl (C=O) groups excluding carboxylic acids is 1. The molecule has 3 heterocycles. The van der Waals surface area contributed by atoms with Crippen LogP contribution in [0, 0.1) is 5.92 Å². The van der Waals surface area contributed by atoms with Gasteiger partial charge in [0.15, 0.2) is 10.9 Å². The zero-order valence-corrected chi connectivity index (χ0v) is 15.1. The molecule has 124 valence electrons. The minimum Gasteiger partial charge on any atom is -0.466 e. The lowest BCUT2D eigenvalue weighted by Gasteiger charge is -2.31. The average molecular weight is 372 g/mol. The number of ether oxygens (including phenoxy) is 1. The van der Waals surface area contributed by atoms with Crippen molar-refractivity contribution in [1.29, 1.82) is 0 Å². The molecule has 0 amide bonds. The molecule has 0 radical (unpaired) electrons. The molecule has 1 fully saturated rings. The summed E-state index contributed by atoms with van der Waals surface area (Å²) >= 11 is 9.10. The number of thiophene rings is 1. The summed E-state index contributed by atoms with van der Waals surface area (Å²) in [5.41, 5.74) is 5.92. The van der Waals surface area contributed by atoms with Crippen LogP contribution in [0.3, 0.4) is 0 Å². The zero-order valence-electron chi connectivity index (χ0n) is 12.8. The second-order valence-corrected chi connectivity index (χ2v) is 7.73. The third-order valence-corrected chi connectivity index (χ3v) is 6.16. The lowest BCUT2D eigenvalue weighted by atomic mass is 9.97. The quantitative estimate of drug-likeness (QED) is 0.826. The van der Waals surface area contributed by atoms with E-state index in [4.69, 9.17) is 22.1 Å². The highest BCUT2D eigenvalue weighted by Gasteiger charge is 2.28. The second-order valence-electron chi connectivity index (χ2n) is 5.35. The molecule has 1 aliphatic rings. The third-order valence-electron chi connectivity index (χ3n) is 3.83. The summed E-state index contributed by atoms with van der Waals surface area (Å²) in [6.07, 6.45) is 1.56. The van der Waals surface area contributed by atoms with Gasteiger partial charge in [0.05, 0.1) is 22.4 Å². The molecule has 0 saturated carbocycles. The van der Waals surface area contributed by atoms with E-state index in [0.29, 0.717) is 11.7 Å². The van der Waals surface area contributed by atoms with E-state index in [1.807, 2.05) is 18.4 Å². The van der Waals surface area contributed by atoms with E-state index in [9.17, 15) is 4.79 Å². The fourth-order valence-corrected chi connectivity index (χ4v) is 4.77. The van der Waals surface area contributed by atoms with Gasteiger partial charge >= 0.3 is 5.97 Å². The summed E-state index contributed by atoms with van der Waals surface area (Å²) in [5.74, 6) is 0.797. The van der Waals surface area contributed by atoms with Gasteiger partial charge in [-0.3, -0.25) is 4.79 Å². The van der Waals surface area contributed by atoms with Crippen molar-refractivity contribution < 1.29 is 9.53 Å². The molecular formula is C15H18ClN3O2S2. The molecule has 0 unspecified atom stereocenters. The Balaban J connectivity index is 1.75. The molecule has 2 aromatic heterocycles. The van der Waals surface area contributed by atoms with Crippen molar-refractivity contribution in [3.8, 4) is 9.75 Å². The molecule has 8 heteroatoms. The highest BCUT2D eigenvalue weighted by molar-refractivity contribution is 7.23.